The SMILES string of the molecule is CCS(=O)(=O)NC(=O)C[C@@H](C)CC(C)C. The summed E-state index contributed by atoms with van der Waals surface area (Å²) in [5.41, 5.74) is 0. The molecule has 0 unspecified atom stereocenters. The number of carbonyl (C=O) groups excluding carboxylic acids is 1. The van der Waals surface area contributed by atoms with Crippen molar-refractivity contribution in [1.82, 2.24) is 4.72 Å². The van der Waals surface area contributed by atoms with Gasteiger partial charge in [-0.3, -0.25) is 9.52 Å². The standard InChI is InChI=1S/C10H21NO3S/c1-5-15(13,14)11-10(12)7-9(4)6-8(2)3/h8-9H,5-7H2,1-4H3,(H,11,12)/t9-/m0/s1. The Morgan fingerprint density at radius 2 is 1.80 bits per heavy atom. The molecule has 0 aliphatic carbocycles. The van der Waals surface area contributed by atoms with Crippen molar-refractivity contribution in [1.29, 1.82) is 0 Å². The first-order chi connectivity index (χ1) is 6.76. The summed E-state index contributed by atoms with van der Waals surface area (Å²) in [6, 6.07) is 0. The molecule has 0 bridgehead atoms. The smallest absolute Gasteiger partial charge is 0.234 e. The van der Waals surface area contributed by atoms with E-state index in [1.165, 1.54) is 6.92 Å². The molecule has 0 fully saturated rings. The summed E-state index contributed by atoms with van der Waals surface area (Å²) in [4.78, 5) is 11.3. The Morgan fingerprint density at radius 3 is 2.20 bits per heavy atom. The third kappa shape index (κ3) is 7.36. The lowest BCUT2D eigenvalue weighted by molar-refractivity contribution is -0.120. The van der Waals surface area contributed by atoms with Gasteiger partial charge in [0.15, 0.2) is 0 Å². The van der Waals surface area contributed by atoms with E-state index in [4.69, 9.17) is 0 Å². The molecular formula is C10H21NO3S. The van der Waals surface area contributed by atoms with Crippen LogP contribution in [0.1, 0.15) is 40.5 Å². The van der Waals surface area contributed by atoms with Gasteiger partial charge in [-0.1, -0.05) is 20.8 Å². The van der Waals surface area contributed by atoms with E-state index in [0.29, 0.717) is 5.92 Å². The monoisotopic (exact) mass is 235 g/mol. The molecule has 1 atom stereocenters. The normalized spacial score (nSPS) is 13.9. The second-order valence-electron chi connectivity index (χ2n) is 4.37. The van der Waals surface area contributed by atoms with Crippen LogP contribution in [0.2, 0.25) is 0 Å². The second kappa shape index (κ2) is 6.10. The Morgan fingerprint density at radius 1 is 1.27 bits per heavy atom. The summed E-state index contributed by atoms with van der Waals surface area (Å²) in [6.07, 6.45) is 1.21. The molecule has 0 aliphatic rings. The summed E-state index contributed by atoms with van der Waals surface area (Å²) >= 11 is 0. The van der Waals surface area contributed by atoms with Crippen molar-refractivity contribution >= 4 is 15.9 Å². The van der Waals surface area contributed by atoms with Gasteiger partial charge >= 0.3 is 0 Å². The molecule has 0 aromatic rings. The van der Waals surface area contributed by atoms with Gasteiger partial charge < -0.3 is 0 Å². The van der Waals surface area contributed by atoms with Gasteiger partial charge in [0.2, 0.25) is 15.9 Å². The number of rotatable bonds is 6. The molecule has 4 nitrogen and oxygen atoms in total. The predicted molar refractivity (Wildman–Crippen MR) is 60.8 cm³/mol. The highest BCUT2D eigenvalue weighted by Crippen LogP contribution is 2.14. The molecule has 0 radical (unpaired) electrons. The number of hydrogen-bond donors (Lipinski definition) is 1. The summed E-state index contributed by atoms with van der Waals surface area (Å²) in [6.45, 7) is 7.62. The van der Waals surface area contributed by atoms with Gasteiger partial charge in [-0.05, 0) is 25.2 Å². The first kappa shape index (κ1) is 14.4. The van der Waals surface area contributed by atoms with E-state index in [2.05, 4.69) is 13.8 Å². The zero-order valence-electron chi connectivity index (χ0n) is 9.91. The van der Waals surface area contributed by atoms with Gasteiger partial charge in [-0.25, -0.2) is 8.42 Å². The molecular weight excluding hydrogens is 214 g/mol. The van der Waals surface area contributed by atoms with Crippen LogP contribution in [0.3, 0.4) is 0 Å². The van der Waals surface area contributed by atoms with Crippen LogP contribution in [0, 0.1) is 11.8 Å². The third-order valence-electron chi connectivity index (χ3n) is 2.06. The average molecular weight is 235 g/mol. The highest BCUT2D eigenvalue weighted by molar-refractivity contribution is 7.90. The Bertz CT molecular complexity index is 296. The minimum absolute atomic E-state index is 0.0582. The number of amides is 1. The number of carbonyl (C=O) groups is 1. The zero-order valence-corrected chi connectivity index (χ0v) is 10.7. The lowest BCUT2D eigenvalue weighted by atomic mass is 9.96. The van der Waals surface area contributed by atoms with Crippen LogP contribution < -0.4 is 4.72 Å². The molecule has 1 N–H and O–H groups in total. The molecule has 0 aromatic carbocycles. The molecule has 1 amide bonds. The maximum absolute atomic E-state index is 11.3. The molecule has 0 aromatic heterocycles. The second-order valence-corrected chi connectivity index (χ2v) is 6.38. The van der Waals surface area contributed by atoms with Gasteiger partial charge in [-0.2, -0.15) is 0 Å². The fourth-order valence-electron chi connectivity index (χ4n) is 1.49. The Balaban J connectivity index is 4.05. The van der Waals surface area contributed by atoms with Gasteiger partial charge in [-0.15, -0.1) is 0 Å². The average Bonchev–Trinajstić information content (AvgIpc) is 2.00. The van der Waals surface area contributed by atoms with Crippen molar-refractivity contribution in [2.75, 3.05) is 5.75 Å². The molecule has 0 saturated heterocycles. The Kier molecular flexibility index (Phi) is 5.87. The van der Waals surface area contributed by atoms with Crippen LogP contribution in [0.25, 0.3) is 0 Å². The molecule has 15 heavy (non-hydrogen) atoms. The van der Waals surface area contributed by atoms with Crippen LogP contribution in [0.5, 0.6) is 0 Å². The van der Waals surface area contributed by atoms with Gasteiger partial charge in [0.05, 0.1) is 5.75 Å². The van der Waals surface area contributed by atoms with Crippen molar-refractivity contribution < 1.29 is 13.2 Å². The zero-order chi connectivity index (χ0) is 12.1. The van der Waals surface area contributed by atoms with Crippen molar-refractivity contribution in [3.8, 4) is 0 Å². The first-order valence-electron chi connectivity index (χ1n) is 5.30. The summed E-state index contributed by atoms with van der Waals surface area (Å²) < 4.78 is 24.2. The highest BCUT2D eigenvalue weighted by Gasteiger charge is 2.15. The largest absolute Gasteiger partial charge is 0.274 e. The van der Waals surface area contributed by atoms with E-state index in [1.807, 2.05) is 11.6 Å². The van der Waals surface area contributed by atoms with E-state index in [-0.39, 0.29) is 18.1 Å². The fraction of sp³-hybridized carbons (Fsp3) is 0.900. The molecule has 0 aliphatic heterocycles. The predicted octanol–water partition coefficient (Wildman–Crippen LogP) is 1.52. The van der Waals surface area contributed by atoms with Crippen LogP contribution >= 0.6 is 0 Å². The fourth-order valence-corrected chi connectivity index (χ4v) is 2.07. The van der Waals surface area contributed by atoms with E-state index >= 15 is 0 Å². The van der Waals surface area contributed by atoms with E-state index in [0.717, 1.165) is 6.42 Å². The summed E-state index contributed by atoms with van der Waals surface area (Å²) in [7, 11) is -3.39. The Labute approximate surface area is 92.5 Å². The maximum Gasteiger partial charge on any atom is 0.234 e. The van der Waals surface area contributed by atoms with Crippen LogP contribution in [-0.2, 0) is 14.8 Å². The lowest BCUT2D eigenvalue weighted by Gasteiger charge is -2.13. The van der Waals surface area contributed by atoms with Crippen LogP contribution in [0.15, 0.2) is 0 Å². The first-order valence-corrected chi connectivity index (χ1v) is 6.95. The molecule has 5 heteroatoms. The molecule has 0 rings (SSSR count). The lowest BCUT2D eigenvalue weighted by Crippen LogP contribution is -2.32. The van der Waals surface area contributed by atoms with Gasteiger partial charge in [0.1, 0.15) is 0 Å². The molecule has 90 valence electrons. The Hall–Kier alpha value is -0.580. The van der Waals surface area contributed by atoms with Crippen molar-refractivity contribution in [2.24, 2.45) is 11.8 Å². The molecule has 0 heterocycles. The van der Waals surface area contributed by atoms with Crippen molar-refractivity contribution in [3.63, 3.8) is 0 Å². The van der Waals surface area contributed by atoms with Gasteiger partial charge in [0.25, 0.3) is 0 Å². The van der Waals surface area contributed by atoms with Crippen molar-refractivity contribution in [2.45, 2.75) is 40.5 Å². The number of hydrogen-bond acceptors (Lipinski definition) is 3. The van der Waals surface area contributed by atoms with E-state index in [9.17, 15) is 13.2 Å². The number of nitrogens with one attached hydrogen (secondary N) is 1. The molecule has 0 spiro atoms. The van der Waals surface area contributed by atoms with E-state index < -0.39 is 15.9 Å². The van der Waals surface area contributed by atoms with E-state index in [1.54, 1.807) is 0 Å². The molecule has 0 saturated carbocycles. The van der Waals surface area contributed by atoms with Gasteiger partial charge in [0, 0.05) is 6.42 Å². The highest BCUT2D eigenvalue weighted by atomic mass is 32.2. The van der Waals surface area contributed by atoms with Crippen LogP contribution in [0.4, 0.5) is 0 Å². The maximum atomic E-state index is 11.3. The topological polar surface area (TPSA) is 63.2 Å². The minimum Gasteiger partial charge on any atom is -0.274 e. The van der Waals surface area contributed by atoms with Crippen molar-refractivity contribution in [3.05, 3.63) is 0 Å². The summed E-state index contributed by atoms with van der Waals surface area (Å²) in [5, 5.41) is 0. The van der Waals surface area contributed by atoms with Crippen LogP contribution in [-0.4, -0.2) is 20.1 Å². The summed E-state index contributed by atoms with van der Waals surface area (Å²) in [5.74, 6) is 0.287. The number of sulfonamides is 1. The quantitative estimate of drug-likeness (QED) is 0.759. The minimum atomic E-state index is -3.39. The third-order valence-corrected chi connectivity index (χ3v) is 3.36.